The van der Waals surface area contributed by atoms with Gasteiger partial charge in [-0.2, -0.15) is 0 Å². The Morgan fingerprint density at radius 1 is 1.14 bits per heavy atom. The van der Waals surface area contributed by atoms with Crippen molar-refractivity contribution >= 4 is 52.0 Å². The molecule has 1 saturated heterocycles. The number of benzene rings is 2. The summed E-state index contributed by atoms with van der Waals surface area (Å²) in [5.41, 5.74) is 0.145. The number of hydrogen-bond acceptors (Lipinski definition) is 7. The third-order valence-corrected chi connectivity index (χ3v) is 4.98. The van der Waals surface area contributed by atoms with Crippen molar-refractivity contribution in [2.24, 2.45) is 0 Å². The van der Waals surface area contributed by atoms with Crippen LogP contribution in [0.4, 0.5) is 16.2 Å². The molecule has 0 spiro atoms. The van der Waals surface area contributed by atoms with Crippen molar-refractivity contribution < 1.29 is 24.0 Å². The van der Waals surface area contributed by atoms with Crippen LogP contribution in [0.3, 0.4) is 0 Å². The van der Waals surface area contributed by atoms with Crippen LogP contribution in [-0.4, -0.2) is 30.3 Å². The molecule has 0 aromatic heterocycles. The molecule has 0 bridgehead atoms. The second-order valence-corrected chi connectivity index (χ2v) is 6.95. The first-order valence-electron chi connectivity index (χ1n) is 7.79. The molecule has 2 aromatic rings. The monoisotopic (exact) mass is 420 g/mol. The molecule has 2 aromatic carbocycles. The van der Waals surface area contributed by atoms with Gasteiger partial charge in [0.05, 0.1) is 41.4 Å². The predicted octanol–water partition coefficient (Wildman–Crippen LogP) is 4.51. The van der Waals surface area contributed by atoms with Crippen LogP contribution >= 0.6 is 23.4 Å². The van der Waals surface area contributed by atoms with Crippen LogP contribution < -0.4 is 14.4 Å². The normalized spacial score (nSPS) is 15.2. The summed E-state index contributed by atoms with van der Waals surface area (Å²) >= 11 is 6.61. The molecule has 28 heavy (non-hydrogen) atoms. The Morgan fingerprint density at radius 2 is 1.82 bits per heavy atom. The molecule has 1 heterocycles. The van der Waals surface area contributed by atoms with E-state index in [0.717, 1.165) is 4.90 Å². The zero-order valence-corrected chi connectivity index (χ0v) is 16.2. The summed E-state index contributed by atoms with van der Waals surface area (Å²) in [6.45, 7) is 0. The number of carbonyl (C=O) groups excluding carboxylic acids is 2. The van der Waals surface area contributed by atoms with E-state index in [-0.39, 0.29) is 27.7 Å². The van der Waals surface area contributed by atoms with E-state index in [1.807, 2.05) is 0 Å². The summed E-state index contributed by atoms with van der Waals surface area (Å²) in [5, 5.41) is 11.3. The van der Waals surface area contributed by atoms with Gasteiger partial charge in [-0.15, -0.1) is 0 Å². The zero-order chi connectivity index (χ0) is 20.4. The van der Waals surface area contributed by atoms with Crippen molar-refractivity contribution in [2.45, 2.75) is 0 Å². The van der Waals surface area contributed by atoms with Crippen molar-refractivity contribution in [3.63, 3.8) is 0 Å². The summed E-state index contributed by atoms with van der Waals surface area (Å²) in [5.74, 6) is -0.159. The quantitative estimate of drug-likeness (QED) is 0.398. The molecule has 1 fully saturated rings. The summed E-state index contributed by atoms with van der Waals surface area (Å²) in [6, 6.07) is 8.87. The lowest BCUT2D eigenvalue weighted by molar-refractivity contribution is -0.385. The molecule has 0 N–H and O–H groups in total. The van der Waals surface area contributed by atoms with Gasteiger partial charge >= 0.3 is 0 Å². The van der Waals surface area contributed by atoms with E-state index in [2.05, 4.69) is 0 Å². The topological polar surface area (TPSA) is 99.0 Å². The van der Waals surface area contributed by atoms with E-state index in [1.165, 1.54) is 38.5 Å². The molecule has 3 rings (SSSR count). The van der Waals surface area contributed by atoms with Gasteiger partial charge < -0.3 is 9.47 Å². The summed E-state index contributed by atoms with van der Waals surface area (Å²) < 4.78 is 10.2. The number of nitro groups is 1. The van der Waals surface area contributed by atoms with Gasteiger partial charge in [-0.3, -0.25) is 19.7 Å². The van der Waals surface area contributed by atoms with Gasteiger partial charge in [-0.1, -0.05) is 17.7 Å². The van der Waals surface area contributed by atoms with Gasteiger partial charge in [-0.25, -0.2) is 4.90 Å². The Kier molecular flexibility index (Phi) is 5.57. The van der Waals surface area contributed by atoms with Crippen LogP contribution in [0, 0.1) is 10.1 Å². The standard InChI is InChI=1S/C18H13ClN2O6S/c1-26-14-6-10(13(21(24)25)9-15(14)27-2)7-16-17(22)20(18(23)28-16)12-5-3-4-11(19)8-12/h3-9H,1-2H3/b16-7+. The first-order chi connectivity index (χ1) is 13.3. The third kappa shape index (κ3) is 3.67. The molecular weight excluding hydrogens is 408 g/mol. The minimum absolute atomic E-state index is 0.0419. The minimum atomic E-state index is -0.602. The molecule has 0 saturated carbocycles. The Hall–Kier alpha value is -3.04. The van der Waals surface area contributed by atoms with Crippen molar-refractivity contribution in [2.75, 3.05) is 19.1 Å². The number of ether oxygens (including phenoxy) is 2. The van der Waals surface area contributed by atoms with Gasteiger partial charge in [0, 0.05) is 5.02 Å². The minimum Gasteiger partial charge on any atom is -0.493 e. The molecule has 8 nitrogen and oxygen atoms in total. The van der Waals surface area contributed by atoms with Crippen LogP contribution in [0.1, 0.15) is 5.56 Å². The van der Waals surface area contributed by atoms with E-state index in [1.54, 1.807) is 18.2 Å². The Morgan fingerprint density at radius 3 is 2.43 bits per heavy atom. The molecule has 0 atom stereocenters. The van der Waals surface area contributed by atoms with Gasteiger partial charge in [-0.05, 0) is 42.1 Å². The van der Waals surface area contributed by atoms with Crippen LogP contribution in [0.5, 0.6) is 11.5 Å². The lowest BCUT2D eigenvalue weighted by Gasteiger charge is -2.12. The molecule has 0 radical (unpaired) electrons. The predicted molar refractivity (Wildman–Crippen MR) is 106 cm³/mol. The highest BCUT2D eigenvalue weighted by molar-refractivity contribution is 8.19. The maximum Gasteiger partial charge on any atom is 0.298 e. The molecule has 1 aliphatic rings. The second-order valence-electron chi connectivity index (χ2n) is 5.52. The fourth-order valence-corrected chi connectivity index (χ4v) is 3.62. The molecule has 144 valence electrons. The Labute approximate surface area is 168 Å². The Balaban J connectivity index is 2.05. The number of nitro benzene ring substituents is 1. The molecule has 0 aliphatic carbocycles. The summed E-state index contributed by atoms with van der Waals surface area (Å²) in [7, 11) is 2.75. The van der Waals surface area contributed by atoms with E-state index in [9.17, 15) is 19.7 Å². The number of nitrogens with zero attached hydrogens (tertiary/aromatic N) is 2. The zero-order valence-electron chi connectivity index (χ0n) is 14.7. The number of amides is 2. The number of rotatable bonds is 5. The third-order valence-electron chi connectivity index (χ3n) is 3.88. The molecule has 10 heteroatoms. The fraction of sp³-hybridized carbons (Fsp3) is 0.111. The SMILES string of the molecule is COc1cc(/C=C2/SC(=O)N(c3cccc(Cl)c3)C2=O)c([N+](=O)[O-])cc1OC. The summed E-state index contributed by atoms with van der Waals surface area (Å²) in [6.07, 6.45) is 1.29. The number of methoxy groups -OCH3 is 2. The Bertz CT molecular complexity index is 1020. The van der Waals surface area contributed by atoms with Crippen LogP contribution in [0.2, 0.25) is 5.02 Å². The summed E-state index contributed by atoms with van der Waals surface area (Å²) in [4.78, 5) is 36.9. The number of thioether (sulfide) groups is 1. The van der Waals surface area contributed by atoms with E-state index in [0.29, 0.717) is 22.5 Å². The van der Waals surface area contributed by atoms with Crippen molar-refractivity contribution in [1.82, 2.24) is 0 Å². The average Bonchev–Trinajstić information content (AvgIpc) is 2.94. The average molecular weight is 421 g/mol. The fourth-order valence-electron chi connectivity index (χ4n) is 2.60. The van der Waals surface area contributed by atoms with Gasteiger partial charge in [0.15, 0.2) is 11.5 Å². The number of halogens is 1. The maximum absolute atomic E-state index is 12.7. The number of hydrogen-bond donors (Lipinski definition) is 0. The molecule has 0 unspecified atom stereocenters. The van der Waals surface area contributed by atoms with E-state index in [4.69, 9.17) is 21.1 Å². The molecule has 1 aliphatic heterocycles. The highest BCUT2D eigenvalue weighted by Crippen LogP contribution is 2.40. The first kappa shape index (κ1) is 19.7. The highest BCUT2D eigenvalue weighted by Gasteiger charge is 2.37. The van der Waals surface area contributed by atoms with Crippen LogP contribution in [0.15, 0.2) is 41.3 Å². The number of anilines is 1. The van der Waals surface area contributed by atoms with Gasteiger partial charge in [0.2, 0.25) is 0 Å². The number of carbonyl (C=O) groups is 2. The smallest absolute Gasteiger partial charge is 0.298 e. The maximum atomic E-state index is 12.7. The lowest BCUT2D eigenvalue weighted by atomic mass is 10.1. The van der Waals surface area contributed by atoms with Crippen molar-refractivity contribution in [3.8, 4) is 11.5 Å². The van der Waals surface area contributed by atoms with E-state index < -0.39 is 16.1 Å². The van der Waals surface area contributed by atoms with Gasteiger partial charge in [0.1, 0.15) is 0 Å². The lowest BCUT2D eigenvalue weighted by Crippen LogP contribution is -2.27. The highest BCUT2D eigenvalue weighted by atomic mass is 35.5. The first-order valence-corrected chi connectivity index (χ1v) is 8.99. The van der Waals surface area contributed by atoms with Crippen molar-refractivity contribution in [1.29, 1.82) is 0 Å². The second kappa shape index (κ2) is 7.91. The molecular formula is C18H13ClN2O6S. The van der Waals surface area contributed by atoms with Gasteiger partial charge in [0.25, 0.3) is 16.8 Å². The largest absolute Gasteiger partial charge is 0.493 e. The van der Waals surface area contributed by atoms with Crippen molar-refractivity contribution in [3.05, 3.63) is 62.0 Å². The molecule has 2 amide bonds. The number of imide groups is 1. The van der Waals surface area contributed by atoms with E-state index >= 15 is 0 Å². The van der Waals surface area contributed by atoms with Crippen LogP contribution in [-0.2, 0) is 4.79 Å². The van der Waals surface area contributed by atoms with Crippen LogP contribution in [0.25, 0.3) is 6.08 Å².